The van der Waals surface area contributed by atoms with Crippen LogP contribution in [0.4, 0.5) is 0 Å². The molecule has 0 aromatic carbocycles. The van der Waals surface area contributed by atoms with Crippen LogP contribution in [-0.4, -0.2) is 37.2 Å². The second-order valence-electron chi connectivity index (χ2n) is 20.5. The lowest BCUT2D eigenvalue weighted by molar-refractivity contribution is -0.167. The topological polar surface area (TPSA) is 78.9 Å². The summed E-state index contributed by atoms with van der Waals surface area (Å²) in [6, 6.07) is 0. The fourth-order valence-corrected chi connectivity index (χ4v) is 8.70. The Labute approximate surface area is 393 Å². The number of esters is 3. The Bertz CT molecular complexity index is 962. The van der Waals surface area contributed by atoms with E-state index in [2.05, 4.69) is 34.6 Å². The third kappa shape index (κ3) is 51.3. The number of carbonyl (C=O) groups is 3. The predicted octanol–water partition coefficient (Wildman–Crippen LogP) is 18.5. The van der Waals surface area contributed by atoms with E-state index in [4.69, 9.17) is 14.2 Å². The van der Waals surface area contributed by atoms with Gasteiger partial charge in [0.15, 0.2) is 6.10 Å². The molecule has 0 saturated carbocycles. The molecule has 0 fully saturated rings. The van der Waals surface area contributed by atoms with Crippen LogP contribution >= 0.6 is 0 Å². The zero-order chi connectivity index (χ0) is 46.1. The highest BCUT2D eigenvalue weighted by atomic mass is 16.6. The minimum atomic E-state index is -0.762. The van der Waals surface area contributed by atoms with Gasteiger partial charge in [0, 0.05) is 19.3 Å². The van der Waals surface area contributed by atoms with E-state index in [1.165, 1.54) is 205 Å². The normalized spacial score (nSPS) is 12.0. The third-order valence-corrected chi connectivity index (χ3v) is 13.0. The van der Waals surface area contributed by atoms with E-state index in [1.807, 2.05) is 0 Å². The summed E-state index contributed by atoms with van der Waals surface area (Å²) in [5, 5.41) is 0. The summed E-state index contributed by atoms with van der Waals surface area (Å²) in [5.74, 6) is 0.795. The fraction of sp³-hybridized carbons (Fsp3) is 0.947. The van der Waals surface area contributed by atoms with Crippen molar-refractivity contribution in [2.45, 2.75) is 323 Å². The molecule has 0 aliphatic carbocycles. The summed E-state index contributed by atoms with van der Waals surface area (Å²) in [4.78, 5) is 38.0. The average Bonchev–Trinajstić information content (AvgIpc) is 3.25. The molecular weight excluding hydrogens is 781 g/mol. The minimum absolute atomic E-state index is 0.0634. The van der Waals surface area contributed by atoms with Crippen LogP contribution in [0.5, 0.6) is 0 Å². The van der Waals surface area contributed by atoms with E-state index in [1.54, 1.807) is 0 Å². The molecule has 6 nitrogen and oxygen atoms in total. The summed E-state index contributed by atoms with van der Waals surface area (Å²) in [6.07, 6.45) is 52.5. The van der Waals surface area contributed by atoms with Gasteiger partial charge in [0.25, 0.3) is 0 Å². The first-order valence-corrected chi connectivity index (χ1v) is 28.2. The minimum Gasteiger partial charge on any atom is -0.462 e. The maximum atomic E-state index is 12.8. The summed E-state index contributed by atoms with van der Waals surface area (Å²) >= 11 is 0. The van der Waals surface area contributed by atoms with E-state index in [-0.39, 0.29) is 31.1 Å². The van der Waals surface area contributed by atoms with Gasteiger partial charge < -0.3 is 14.2 Å². The molecule has 0 rings (SSSR count). The van der Waals surface area contributed by atoms with Crippen LogP contribution < -0.4 is 0 Å². The SMILES string of the molecule is CCCCCCCCCCCCCCCCC(=O)OC[C@@H](COC(=O)CCCCCCCCCC(C)C)OC(=O)CCCCCCCCCCCCCCCCCCCCC(C)C. The lowest BCUT2D eigenvalue weighted by Crippen LogP contribution is -2.30. The lowest BCUT2D eigenvalue weighted by atomic mass is 10.0. The Morgan fingerprint density at radius 3 is 0.778 bits per heavy atom. The molecule has 0 aliphatic heterocycles. The van der Waals surface area contributed by atoms with Gasteiger partial charge in [-0.1, -0.05) is 279 Å². The van der Waals surface area contributed by atoms with Crippen LogP contribution in [0.2, 0.25) is 0 Å². The highest BCUT2D eigenvalue weighted by molar-refractivity contribution is 5.71. The van der Waals surface area contributed by atoms with Crippen molar-refractivity contribution in [3.8, 4) is 0 Å². The van der Waals surface area contributed by atoms with Crippen LogP contribution in [0.15, 0.2) is 0 Å². The first-order valence-electron chi connectivity index (χ1n) is 28.2. The van der Waals surface area contributed by atoms with Crippen LogP contribution in [0, 0.1) is 11.8 Å². The molecule has 0 aromatic heterocycles. The molecule has 0 amide bonds. The molecule has 0 N–H and O–H groups in total. The molecule has 63 heavy (non-hydrogen) atoms. The second kappa shape index (κ2) is 49.8. The highest BCUT2D eigenvalue weighted by Crippen LogP contribution is 2.18. The van der Waals surface area contributed by atoms with Crippen LogP contribution in [-0.2, 0) is 28.6 Å². The maximum Gasteiger partial charge on any atom is 0.306 e. The molecule has 0 spiro atoms. The Kier molecular flexibility index (Phi) is 48.6. The number of ether oxygens (including phenoxy) is 3. The van der Waals surface area contributed by atoms with Gasteiger partial charge in [-0.2, -0.15) is 0 Å². The molecule has 0 aliphatic rings. The van der Waals surface area contributed by atoms with Crippen LogP contribution in [0.3, 0.4) is 0 Å². The fourth-order valence-electron chi connectivity index (χ4n) is 8.70. The zero-order valence-corrected chi connectivity index (χ0v) is 43.2. The van der Waals surface area contributed by atoms with Gasteiger partial charge in [0.05, 0.1) is 0 Å². The zero-order valence-electron chi connectivity index (χ0n) is 43.2. The molecule has 1 atom stereocenters. The Hall–Kier alpha value is -1.59. The van der Waals surface area contributed by atoms with Crippen molar-refractivity contribution >= 4 is 17.9 Å². The summed E-state index contributed by atoms with van der Waals surface area (Å²) in [7, 11) is 0. The van der Waals surface area contributed by atoms with E-state index >= 15 is 0 Å². The van der Waals surface area contributed by atoms with Gasteiger partial charge in [0.1, 0.15) is 13.2 Å². The van der Waals surface area contributed by atoms with E-state index in [9.17, 15) is 14.4 Å². The molecule has 6 heteroatoms. The van der Waals surface area contributed by atoms with Crippen molar-refractivity contribution in [1.29, 1.82) is 0 Å². The number of rotatable bonds is 51. The third-order valence-electron chi connectivity index (χ3n) is 13.0. The Morgan fingerprint density at radius 2 is 0.524 bits per heavy atom. The molecule has 0 bridgehead atoms. The van der Waals surface area contributed by atoms with Gasteiger partial charge in [0.2, 0.25) is 0 Å². The van der Waals surface area contributed by atoms with E-state index in [0.29, 0.717) is 19.3 Å². The molecular formula is C57H110O6. The molecule has 0 radical (unpaired) electrons. The average molecular weight is 892 g/mol. The second-order valence-corrected chi connectivity index (χ2v) is 20.5. The van der Waals surface area contributed by atoms with Crippen molar-refractivity contribution in [2.24, 2.45) is 11.8 Å². The molecule has 0 saturated heterocycles. The number of unbranched alkanes of at least 4 members (excludes halogenated alkanes) is 36. The van der Waals surface area contributed by atoms with Crippen molar-refractivity contribution < 1.29 is 28.6 Å². The molecule has 374 valence electrons. The molecule has 0 heterocycles. The summed E-state index contributed by atoms with van der Waals surface area (Å²) in [5.41, 5.74) is 0. The van der Waals surface area contributed by atoms with Gasteiger partial charge in [-0.3, -0.25) is 14.4 Å². The lowest BCUT2D eigenvalue weighted by Gasteiger charge is -2.18. The number of hydrogen-bond acceptors (Lipinski definition) is 6. The first kappa shape index (κ1) is 61.4. The largest absolute Gasteiger partial charge is 0.462 e. The van der Waals surface area contributed by atoms with Crippen molar-refractivity contribution in [3.05, 3.63) is 0 Å². The van der Waals surface area contributed by atoms with Crippen molar-refractivity contribution in [1.82, 2.24) is 0 Å². The first-order chi connectivity index (χ1) is 30.7. The summed E-state index contributed by atoms with van der Waals surface area (Å²) in [6.45, 7) is 11.4. The predicted molar refractivity (Wildman–Crippen MR) is 270 cm³/mol. The number of hydrogen-bond donors (Lipinski definition) is 0. The molecule has 0 unspecified atom stereocenters. The maximum absolute atomic E-state index is 12.8. The summed E-state index contributed by atoms with van der Waals surface area (Å²) < 4.78 is 16.8. The van der Waals surface area contributed by atoms with Crippen molar-refractivity contribution in [3.63, 3.8) is 0 Å². The highest BCUT2D eigenvalue weighted by Gasteiger charge is 2.19. The van der Waals surface area contributed by atoms with Crippen molar-refractivity contribution in [2.75, 3.05) is 13.2 Å². The van der Waals surface area contributed by atoms with Gasteiger partial charge in [-0.15, -0.1) is 0 Å². The van der Waals surface area contributed by atoms with Gasteiger partial charge in [-0.05, 0) is 31.1 Å². The van der Waals surface area contributed by atoms with Gasteiger partial charge >= 0.3 is 17.9 Å². The number of carbonyl (C=O) groups excluding carboxylic acids is 3. The Balaban J connectivity index is 4.22. The quantitative estimate of drug-likeness (QED) is 0.0344. The van der Waals surface area contributed by atoms with Crippen LogP contribution in [0.1, 0.15) is 317 Å². The van der Waals surface area contributed by atoms with E-state index < -0.39 is 6.10 Å². The van der Waals surface area contributed by atoms with Crippen LogP contribution in [0.25, 0.3) is 0 Å². The monoisotopic (exact) mass is 891 g/mol. The Morgan fingerprint density at radius 1 is 0.302 bits per heavy atom. The van der Waals surface area contributed by atoms with Gasteiger partial charge in [-0.25, -0.2) is 0 Å². The smallest absolute Gasteiger partial charge is 0.306 e. The van der Waals surface area contributed by atoms with E-state index in [0.717, 1.165) is 69.6 Å². The molecule has 0 aromatic rings. The standard InChI is InChI=1S/C57H110O6/c1-6-7-8-9-10-11-12-13-21-24-27-32-37-42-47-55(58)61-50-54(51-62-56(59)48-43-38-34-29-31-36-41-46-53(4)5)63-57(60)49-44-39-33-28-25-22-19-17-15-14-16-18-20-23-26-30-35-40-45-52(2)3/h52-54H,6-51H2,1-5H3/t54-/m0/s1.